The van der Waals surface area contributed by atoms with E-state index in [4.69, 9.17) is 5.11 Å². The summed E-state index contributed by atoms with van der Waals surface area (Å²) in [5.74, 6) is -1.01. The lowest BCUT2D eigenvalue weighted by Gasteiger charge is -2.30. The maximum Gasteiger partial charge on any atom is 0.410 e. The molecule has 0 aromatic carbocycles. The van der Waals surface area contributed by atoms with E-state index in [2.05, 4.69) is 4.74 Å². The predicted molar refractivity (Wildman–Crippen MR) is 51.1 cm³/mol. The molecule has 0 aromatic heterocycles. The van der Waals surface area contributed by atoms with Crippen LogP contribution in [0.1, 0.15) is 27.2 Å². The van der Waals surface area contributed by atoms with Gasteiger partial charge in [-0.05, 0) is 20.3 Å². The zero-order chi connectivity index (χ0) is 11.3. The lowest BCUT2D eigenvalue weighted by Crippen LogP contribution is -2.48. The first-order valence-electron chi connectivity index (χ1n) is 4.54. The van der Waals surface area contributed by atoms with Crippen LogP contribution in [0.3, 0.4) is 0 Å². The van der Waals surface area contributed by atoms with Crippen LogP contribution in [0.15, 0.2) is 0 Å². The van der Waals surface area contributed by atoms with Crippen LogP contribution in [0.4, 0.5) is 4.79 Å². The summed E-state index contributed by atoms with van der Waals surface area (Å²) in [5.41, 5.74) is 0. The monoisotopic (exact) mass is 203 g/mol. The number of carboxylic acids is 1. The predicted octanol–water partition coefficient (Wildman–Crippen LogP) is 1.33. The fourth-order valence-corrected chi connectivity index (χ4v) is 1.29. The first-order chi connectivity index (χ1) is 6.45. The lowest BCUT2D eigenvalue weighted by molar-refractivity contribution is -0.143. The van der Waals surface area contributed by atoms with E-state index in [1.807, 2.05) is 0 Å². The molecule has 1 atom stereocenters. The molecule has 5 heteroatoms. The van der Waals surface area contributed by atoms with Gasteiger partial charge in [-0.25, -0.2) is 9.59 Å². The molecule has 0 radical (unpaired) electrons. The van der Waals surface area contributed by atoms with E-state index >= 15 is 0 Å². The topological polar surface area (TPSA) is 66.8 Å². The minimum Gasteiger partial charge on any atom is -0.480 e. The number of methoxy groups -OCH3 is 1. The summed E-state index contributed by atoms with van der Waals surface area (Å²) in [6.45, 7) is 5.22. The van der Waals surface area contributed by atoms with Crippen molar-refractivity contribution in [2.75, 3.05) is 7.11 Å². The SMILES string of the molecule is CCC(C(=O)O)N(C(=O)OC)C(C)C. The molecule has 5 nitrogen and oxygen atoms in total. The smallest absolute Gasteiger partial charge is 0.410 e. The van der Waals surface area contributed by atoms with Gasteiger partial charge in [0.25, 0.3) is 0 Å². The largest absolute Gasteiger partial charge is 0.480 e. The molecule has 0 heterocycles. The Hall–Kier alpha value is -1.26. The first kappa shape index (κ1) is 12.7. The van der Waals surface area contributed by atoms with Crippen LogP contribution in [0.2, 0.25) is 0 Å². The van der Waals surface area contributed by atoms with Crippen LogP contribution >= 0.6 is 0 Å². The number of aliphatic carboxylic acids is 1. The number of carbonyl (C=O) groups excluding carboxylic acids is 1. The molecule has 82 valence electrons. The number of hydrogen-bond acceptors (Lipinski definition) is 3. The third-order valence-corrected chi connectivity index (χ3v) is 1.95. The van der Waals surface area contributed by atoms with Gasteiger partial charge in [0.2, 0.25) is 0 Å². The summed E-state index contributed by atoms with van der Waals surface area (Å²) >= 11 is 0. The molecule has 0 aliphatic rings. The van der Waals surface area contributed by atoms with Crippen molar-refractivity contribution in [3.8, 4) is 0 Å². The molecule has 1 unspecified atom stereocenters. The maximum atomic E-state index is 11.3. The molecule has 1 N–H and O–H groups in total. The van der Waals surface area contributed by atoms with Gasteiger partial charge in [-0.15, -0.1) is 0 Å². The second-order valence-electron chi connectivity index (χ2n) is 3.23. The molecule has 0 fully saturated rings. The Morgan fingerprint density at radius 1 is 1.43 bits per heavy atom. The van der Waals surface area contributed by atoms with Gasteiger partial charge in [-0.1, -0.05) is 6.92 Å². The molecule has 0 saturated heterocycles. The van der Waals surface area contributed by atoms with Crippen molar-refractivity contribution in [2.24, 2.45) is 0 Å². The molecule has 0 aliphatic heterocycles. The van der Waals surface area contributed by atoms with Crippen LogP contribution < -0.4 is 0 Å². The molecule has 0 bridgehead atoms. The normalized spacial score (nSPS) is 12.4. The van der Waals surface area contributed by atoms with E-state index in [1.54, 1.807) is 20.8 Å². The van der Waals surface area contributed by atoms with Gasteiger partial charge < -0.3 is 9.84 Å². The standard InChI is InChI=1S/C9H17NO4/c1-5-7(8(11)12)10(6(2)3)9(13)14-4/h6-7H,5H2,1-4H3,(H,11,12). The Morgan fingerprint density at radius 3 is 2.14 bits per heavy atom. The summed E-state index contributed by atoms with van der Waals surface area (Å²) in [6, 6.07) is -1.01. The number of amides is 1. The molecule has 0 spiro atoms. The molecule has 0 saturated carbocycles. The second-order valence-corrected chi connectivity index (χ2v) is 3.23. The fourth-order valence-electron chi connectivity index (χ4n) is 1.29. The maximum absolute atomic E-state index is 11.3. The van der Waals surface area contributed by atoms with Gasteiger partial charge >= 0.3 is 12.1 Å². The third kappa shape index (κ3) is 2.90. The zero-order valence-electron chi connectivity index (χ0n) is 8.98. The highest BCUT2D eigenvalue weighted by Crippen LogP contribution is 2.11. The van der Waals surface area contributed by atoms with Gasteiger partial charge in [-0.3, -0.25) is 4.90 Å². The van der Waals surface area contributed by atoms with Gasteiger partial charge in [0.1, 0.15) is 6.04 Å². The van der Waals surface area contributed by atoms with Crippen LogP contribution in [0.25, 0.3) is 0 Å². The molecule has 0 rings (SSSR count). The summed E-state index contributed by atoms with van der Waals surface area (Å²) in [5, 5.41) is 8.89. The summed E-state index contributed by atoms with van der Waals surface area (Å²) in [6.07, 6.45) is -0.239. The van der Waals surface area contributed by atoms with E-state index in [9.17, 15) is 9.59 Å². The number of carboxylic acid groups (broad SMARTS) is 1. The number of nitrogens with zero attached hydrogens (tertiary/aromatic N) is 1. The Balaban J connectivity index is 4.78. The summed E-state index contributed by atoms with van der Waals surface area (Å²) in [4.78, 5) is 23.4. The highest BCUT2D eigenvalue weighted by Gasteiger charge is 2.30. The summed E-state index contributed by atoms with van der Waals surface area (Å²) in [7, 11) is 1.24. The van der Waals surface area contributed by atoms with Crippen LogP contribution in [-0.2, 0) is 9.53 Å². The van der Waals surface area contributed by atoms with E-state index in [0.717, 1.165) is 0 Å². The van der Waals surface area contributed by atoms with Gasteiger partial charge in [0.05, 0.1) is 7.11 Å². The van der Waals surface area contributed by atoms with Crippen molar-refractivity contribution in [3.05, 3.63) is 0 Å². The average Bonchev–Trinajstić information content (AvgIpc) is 2.11. The number of hydrogen-bond donors (Lipinski definition) is 1. The quantitative estimate of drug-likeness (QED) is 0.748. The van der Waals surface area contributed by atoms with Crippen LogP contribution in [0, 0.1) is 0 Å². The van der Waals surface area contributed by atoms with Gasteiger partial charge in [0.15, 0.2) is 0 Å². The molecular formula is C9H17NO4. The second kappa shape index (κ2) is 5.47. The minimum atomic E-state index is -1.01. The molecule has 1 amide bonds. The highest BCUT2D eigenvalue weighted by atomic mass is 16.5. The average molecular weight is 203 g/mol. The molecular weight excluding hydrogens is 186 g/mol. The van der Waals surface area contributed by atoms with Gasteiger partial charge in [-0.2, -0.15) is 0 Å². The minimum absolute atomic E-state index is 0.191. The summed E-state index contributed by atoms with van der Waals surface area (Å²) < 4.78 is 4.53. The highest BCUT2D eigenvalue weighted by molar-refractivity contribution is 5.80. The van der Waals surface area contributed by atoms with Crippen molar-refractivity contribution in [1.29, 1.82) is 0 Å². The first-order valence-corrected chi connectivity index (χ1v) is 4.54. The van der Waals surface area contributed by atoms with Crippen LogP contribution in [0.5, 0.6) is 0 Å². The Bertz CT molecular complexity index is 215. The fraction of sp³-hybridized carbons (Fsp3) is 0.778. The van der Waals surface area contributed by atoms with Crippen molar-refractivity contribution in [2.45, 2.75) is 39.3 Å². The Morgan fingerprint density at radius 2 is 1.93 bits per heavy atom. The molecule has 0 aromatic rings. The lowest BCUT2D eigenvalue weighted by atomic mass is 10.1. The zero-order valence-corrected chi connectivity index (χ0v) is 8.98. The molecule has 0 aliphatic carbocycles. The van der Waals surface area contributed by atoms with Crippen molar-refractivity contribution in [3.63, 3.8) is 0 Å². The van der Waals surface area contributed by atoms with Crippen molar-refractivity contribution in [1.82, 2.24) is 4.90 Å². The third-order valence-electron chi connectivity index (χ3n) is 1.95. The Labute approximate surface area is 83.6 Å². The van der Waals surface area contributed by atoms with E-state index in [1.165, 1.54) is 12.0 Å². The molecule has 14 heavy (non-hydrogen) atoms. The number of rotatable bonds is 4. The van der Waals surface area contributed by atoms with E-state index < -0.39 is 18.1 Å². The van der Waals surface area contributed by atoms with Crippen molar-refractivity contribution < 1.29 is 19.4 Å². The Kier molecular flexibility index (Phi) is 4.97. The van der Waals surface area contributed by atoms with Crippen molar-refractivity contribution >= 4 is 12.1 Å². The van der Waals surface area contributed by atoms with Gasteiger partial charge in [0, 0.05) is 6.04 Å². The van der Waals surface area contributed by atoms with Crippen LogP contribution in [-0.4, -0.2) is 41.3 Å². The van der Waals surface area contributed by atoms with E-state index in [0.29, 0.717) is 6.42 Å². The van der Waals surface area contributed by atoms with E-state index in [-0.39, 0.29) is 6.04 Å². The number of ether oxygens (including phenoxy) is 1. The number of carbonyl (C=O) groups is 2.